The van der Waals surface area contributed by atoms with Crippen molar-refractivity contribution >= 4 is 28.3 Å². The summed E-state index contributed by atoms with van der Waals surface area (Å²) in [5.74, 6) is -0.253. The molecule has 0 saturated carbocycles. The number of thiazole rings is 1. The van der Waals surface area contributed by atoms with Crippen LogP contribution in [0.4, 0.5) is 5.13 Å². The molecule has 0 aromatic carbocycles. The van der Waals surface area contributed by atoms with Gasteiger partial charge in [0.05, 0.1) is 24.8 Å². The second kappa shape index (κ2) is 9.79. The highest BCUT2D eigenvalue weighted by atomic mass is 32.1. The van der Waals surface area contributed by atoms with Crippen molar-refractivity contribution in [3.05, 3.63) is 11.1 Å². The van der Waals surface area contributed by atoms with Crippen molar-refractivity contribution in [2.24, 2.45) is 5.92 Å². The molecule has 1 aromatic heterocycles. The largest absolute Gasteiger partial charge is 0.466 e. The number of hydrogen-bond donors (Lipinski definition) is 2. The SMILES string of the molecule is CCOC(=O)Cc1csc(N[C@@H](CC(C)C)C(=O)NCC#N)n1. The smallest absolute Gasteiger partial charge is 0.311 e. The summed E-state index contributed by atoms with van der Waals surface area (Å²) in [7, 11) is 0. The molecule has 0 radical (unpaired) electrons. The highest BCUT2D eigenvalue weighted by Gasteiger charge is 2.21. The first-order valence-corrected chi connectivity index (χ1v) is 8.35. The molecule has 0 aliphatic carbocycles. The third-order valence-corrected chi connectivity index (χ3v) is 3.67. The molecule has 0 aliphatic rings. The summed E-state index contributed by atoms with van der Waals surface area (Å²) in [6.45, 7) is 6.09. The van der Waals surface area contributed by atoms with Gasteiger partial charge >= 0.3 is 5.97 Å². The molecule has 1 heterocycles. The normalized spacial score (nSPS) is 11.6. The van der Waals surface area contributed by atoms with Gasteiger partial charge < -0.3 is 15.4 Å². The molecule has 0 aliphatic heterocycles. The molecular formula is C15H22N4O3S. The minimum atomic E-state index is -0.468. The molecule has 2 N–H and O–H groups in total. The third-order valence-electron chi connectivity index (χ3n) is 2.85. The van der Waals surface area contributed by atoms with Crippen molar-refractivity contribution in [1.29, 1.82) is 5.26 Å². The lowest BCUT2D eigenvalue weighted by molar-refractivity contribution is -0.142. The fourth-order valence-corrected chi connectivity index (χ4v) is 2.68. The number of carbonyl (C=O) groups is 2. The summed E-state index contributed by atoms with van der Waals surface area (Å²) in [6.07, 6.45) is 0.728. The predicted molar refractivity (Wildman–Crippen MR) is 87.9 cm³/mol. The van der Waals surface area contributed by atoms with E-state index in [9.17, 15) is 9.59 Å². The van der Waals surface area contributed by atoms with Gasteiger partial charge in [-0.3, -0.25) is 9.59 Å². The third kappa shape index (κ3) is 7.10. The van der Waals surface area contributed by atoms with Crippen molar-refractivity contribution in [3.8, 4) is 6.07 Å². The van der Waals surface area contributed by atoms with E-state index in [0.717, 1.165) is 0 Å². The molecule has 1 rings (SSSR count). The van der Waals surface area contributed by atoms with Crippen molar-refractivity contribution in [2.45, 2.75) is 39.7 Å². The minimum Gasteiger partial charge on any atom is -0.466 e. The van der Waals surface area contributed by atoms with E-state index < -0.39 is 6.04 Å². The van der Waals surface area contributed by atoms with E-state index in [2.05, 4.69) is 15.6 Å². The quantitative estimate of drug-likeness (QED) is 0.525. The molecule has 0 spiro atoms. The highest BCUT2D eigenvalue weighted by Crippen LogP contribution is 2.19. The molecule has 0 fully saturated rings. The Bertz CT molecular complexity index is 565. The average molecular weight is 338 g/mol. The van der Waals surface area contributed by atoms with Gasteiger partial charge in [0, 0.05) is 5.38 Å². The van der Waals surface area contributed by atoms with Gasteiger partial charge in [-0.15, -0.1) is 11.3 Å². The van der Waals surface area contributed by atoms with Gasteiger partial charge in [0.1, 0.15) is 12.6 Å². The van der Waals surface area contributed by atoms with Crippen LogP contribution in [0.25, 0.3) is 0 Å². The van der Waals surface area contributed by atoms with Gasteiger partial charge in [0.25, 0.3) is 0 Å². The van der Waals surface area contributed by atoms with Gasteiger partial charge in [-0.2, -0.15) is 5.26 Å². The van der Waals surface area contributed by atoms with Crippen molar-refractivity contribution < 1.29 is 14.3 Å². The number of nitriles is 1. The summed E-state index contributed by atoms with van der Waals surface area (Å²) >= 11 is 1.33. The number of aromatic nitrogens is 1. The number of ether oxygens (including phenoxy) is 1. The van der Waals surface area contributed by atoms with E-state index in [1.165, 1.54) is 11.3 Å². The Kier molecular flexibility index (Phi) is 8.05. The maximum atomic E-state index is 12.1. The lowest BCUT2D eigenvalue weighted by atomic mass is 10.0. The van der Waals surface area contributed by atoms with Gasteiger partial charge in [-0.1, -0.05) is 13.8 Å². The number of amides is 1. The maximum Gasteiger partial charge on any atom is 0.311 e. The second-order valence-corrected chi connectivity index (χ2v) is 6.19. The van der Waals surface area contributed by atoms with Gasteiger partial charge in [-0.05, 0) is 19.3 Å². The highest BCUT2D eigenvalue weighted by molar-refractivity contribution is 7.13. The van der Waals surface area contributed by atoms with Crippen molar-refractivity contribution in [2.75, 3.05) is 18.5 Å². The van der Waals surface area contributed by atoms with E-state index in [-0.39, 0.29) is 24.8 Å². The number of nitrogens with zero attached hydrogens (tertiary/aromatic N) is 2. The molecule has 126 valence electrons. The molecule has 1 aromatic rings. The molecule has 23 heavy (non-hydrogen) atoms. The van der Waals surface area contributed by atoms with Crippen molar-refractivity contribution in [1.82, 2.24) is 10.3 Å². The Morgan fingerprint density at radius 2 is 2.22 bits per heavy atom. The topological polar surface area (TPSA) is 104 Å². The molecule has 0 unspecified atom stereocenters. The van der Waals surface area contributed by atoms with Crippen LogP contribution in [0, 0.1) is 17.2 Å². The minimum absolute atomic E-state index is 0.0267. The van der Waals surface area contributed by atoms with Crippen LogP contribution in [0.5, 0.6) is 0 Å². The number of anilines is 1. The van der Waals surface area contributed by atoms with Crippen LogP contribution < -0.4 is 10.6 Å². The summed E-state index contributed by atoms with van der Waals surface area (Å²) in [6, 6.07) is 1.42. The Hall–Kier alpha value is -2.14. The van der Waals surface area contributed by atoms with Crippen LogP contribution in [0.2, 0.25) is 0 Å². The number of carbonyl (C=O) groups excluding carboxylic acids is 2. The standard InChI is InChI=1S/C15H22N4O3S/c1-4-22-13(20)8-11-9-23-15(18-11)19-12(7-10(2)3)14(21)17-6-5-16/h9-10,12H,4,6-8H2,1-3H3,(H,17,21)(H,18,19)/t12-/m0/s1. The average Bonchev–Trinajstić information content (AvgIpc) is 2.90. The summed E-state index contributed by atoms with van der Waals surface area (Å²) in [4.78, 5) is 27.8. The molecule has 8 heteroatoms. The zero-order valence-corrected chi connectivity index (χ0v) is 14.4. The predicted octanol–water partition coefficient (Wildman–Crippen LogP) is 1.72. The maximum absolute atomic E-state index is 12.1. The Labute approximate surface area is 140 Å². The van der Waals surface area contributed by atoms with E-state index >= 15 is 0 Å². The fourth-order valence-electron chi connectivity index (χ4n) is 1.92. The summed E-state index contributed by atoms with van der Waals surface area (Å²) in [5.41, 5.74) is 0.608. The Balaban J connectivity index is 2.68. The second-order valence-electron chi connectivity index (χ2n) is 5.33. The van der Waals surface area contributed by atoms with Crippen LogP contribution >= 0.6 is 11.3 Å². The lowest BCUT2D eigenvalue weighted by Gasteiger charge is -2.18. The molecular weight excluding hydrogens is 316 g/mol. The lowest BCUT2D eigenvalue weighted by Crippen LogP contribution is -2.40. The van der Waals surface area contributed by atoms with Crippen molar-refractivity contribution in [3.63, 3.8) is 0 Å². The van der Waals surface area contributed by atoms with Gasteiger partial charge in [0.2, 0.25) is 5.91 Å². The zero-order chi connectivity index (χ0) is 17.2. The van der Waals surface area contributed by atoms with Crippen LogP contribution in [-0.4, -0.2) is 36.1 Å². The Morgan fingerprint density at radius 3 is 2.83 bits per heavy atom. The zero-order valence-electron chi connectivity index (χ0n) is 13.6. The van der Waals surface area contributed by atoms with Crippen LogP contribution in [0.15, 0.2) is 5.38 Å². The fraction of sp³-hybridized carbons (Fsp3) is 0.600. The molecule has 1 amide bonds. The first-order valence-electron chi connectivity index (χ1n) is 7.47. The summed E-state index contributed by atoms with van der Waals surface area (Å²) < 4.78 is 4.88. The Morgan fingerprint density at radius 1 is 1.48 bits per heavy atom. The monoisotopic (exact) mass is 338 g/mol. The first-order chi connectivity index (χ1) is 11.0. The number of esters is 1. The van der Waals surface area contributed by atoms with Gasteiger partial charge in [0.15, 0.2) is 5.13 Å². The molecule has 0 bridgehead atoms. The van der Waals surface area contributed by atoms with Crippen LogP contribution in [-0.2, 0) is 20.7 Å². The van der Waals surface area contributed by atoms with E-state index in [1.807, 2.05) is 19.9 Å². The van der Waals surface area contributed by atoms with Gasteiger partial charge in [-0.25, -0.2) is 4.98 Å². The van der Waals surface area contributed by atoms with E-state index in [1.54, 1.807) is 12.3 Å². The summed E-state index contributed by atoms with van der Waals surface area (Å²) in [5, 5.41) is 16.5. The number of nitrogens with one attached hydrogen (secondary N) is 2. The van der Waals surface area contributed by atoms with E-state index in [0.29, 0.717) is 29.8 Å². The number of rotatable bonds is 9. The van der Waals surface area contributed by atoms with Crippen LogP contribution in [0.3, 0.4) is 0 Å². The van der Waals surface area contributed by atoms with E-state index in [4.69, 9.17) is 10.00 Å². The first kappa shape index (κ1) is 18.9. The molecule has 7 nitrogen and oxygen atoms in total. The molecule has 1 atom stereocenters. The number of hydrogen-bond acceptors (Lipinski definition) is 7. The van der Waals surface area contributed by atoms with Crippen LogP contribution in [0.1, 0.15) is 32.9 Å². The molecule has 0 saturated heterocycles.